The van der Waals surface area contributed by atoms with Crippen LogP contribution in [0, 0.1) is 0 Å². The van der Waals surface area contributed by atoms with Gasteiger partial charge in [0.1, 0.15) is 0 Å². The second-order valence-electron chi connectivity index (χ2n) is 14.7. The summed E-state index contributed by atoms with van der Waals surface area (Å²) in [5.41, 5.74) is 13.5. The molecular weight excluding hydrogens is 711 g/mol. The van der Waals surface area contributed by atoms with Crippen molar-refractivity contribution < 1.29 is 0 Å². The molecule has 0 bridgehead atoms. The van der Waals surface area contributed by atoms with Gasteiger partial charge in [0.25, 0.3) is 0 Å². The summed E-state index contributed by atoms with van der Waals surface area (Å²) in [6, 6.07) is 72.1. The first-order chi connectivity index (χ1) is 28.3. The van der Waals surface area contributed by atoms with Crippen LogP contribution in [-0.2, 0) is 0 Å². The van der Waals surface area contributed by atoms with Gasteiger partial charge in [0, 0.05) is 64.2 Å². The van der Waals surface area contributed by atoms with Crippen LogP contribution in [0.3, 0.4) is 0 Å². The Hall–Kier alpha value is -7.27. The van der Waals surface area contributed by atoms with E-state index in [0.29, 0.717) is 0 Å². The van der Waals surface area contributed by atoms with Gasteiger partial charge in [0.2, 0.25) is 0 Å². The Balaban J connectivity index is 1.17. The molecule has 0 saturated heterocycles. The van der Waals surface area contributed by atoms with Gasteiger partial charge in [0.05, 0.1) is 33.5 Å². The number of fused-ring (bicyclic) bond motifs is 12. The molecule has 0 aliphatic carbocycles. The standard InChI is InChI=1S/C53H33N3S/c1-4-16-34(17-5-1)37-32-43(35-18-6-2-7-19-35)54-44(33-37)36-28-30-39(31-29-36)56-45-25-13-10-22-40(45)48-49-42-24-12-15-27-47(42)57-53(49)50-41-23-11-14-26-46(41)55(52(50)51(48)56)38-20-8-3-9-21-38/h1-33H. The maximum Gasteiger partial charge on any atom is 0.0803 e. The van der Waals surface area contributed by atoms with E-state index in [1.165, 1.54) is 69.3 Å². The van der Waals surface area contributed by atoms with Crippen LogP contribution in [0.1, 0.15) is 0 Å². The number of benzene rings is 8. The number of rotatable bonds is 5. The highest BCUT2D eigenvalue weighted by Crippen LogP contribution is 2.51. The van der Waals surface area contributed by atoms with Crippen LogP contribution in [-0.4, -0.2) is 14.1 Å². The highest BCUT2D eigenvalue weighted by molar-refractivity contribution is 7.27. The summed E-state index contributed by atoms with van der Waals surface area (Å²) in [5.74, 6) is 0. The van der Waals surface area contributed by atoms with E-state index in [4.69, 9.17) is 4.98 Å². The topological polar surface area (TPSA) is 22.8 Å². The van der Waals surface area contributed by atoms with E-state index in [9.17, 15) is 0 Å². The third-order valence-corrected chi connectivity index (χ3v) is 12.7. The molecule has 12 rings (SSSR count). The normalized spacial score (nSPS) is 11.9. The highest BCUT2D eigenvalue weighted by Gasteiger charge is 2.26. The number of pyridine rings is 1. The summed E-state index contributed by atoms with van der Waals surface area (Å²) in [7, 11) is 0. The first-order valence-electron chi connectivity index (χ1n) is 19.4. The molecular formula is C53H33N3S. The van der Waals surface area contributed by atoms with Crippen molar-refractivity contribution in [3.8, 4) is 45.0 Å². The first-order valence-corrected chi connectivity index (χ1v) is 20.2. The van der Waals surface area contributed by atoms with E-state index in [2.05, 4.69) is 209 Å². The van der Waals surface area contributed by atoms with Gasteiger partial charge >= 0.3 is 0 Å². The Morgan fingerprint density at radius 3 is 1.47 bits per heavy atom. The van der Waals surface area contributed by atoms with E-state index >= 15 is 0 Å². The Morgan fingerprint density at radius 1 is 0.351 bits per heavy atom. The molecule has 57 heavy (non-hydrogen) atoms. The van der Waals surface area contributed by atoms with E-state index in [0.717, 1.165) is 39.5 Å². The average molecular weight is 744 g/mol. The molecule has 266 valence electrons. The monoisotopic (exact) mass is 743 g/mol. The molecule has 4 heterocycles. The van der Waals surface area contributed by atoms with Gasteiger partial charge < -0.3 is 9.13 Å². The van der Waals surface area contributed by atoms with Crippen molar-refractivity contribution in [2.24, 2.45) is 0 Å². The van der Waals surface area contributed by atoms with Gasteiger partial charge in [-0.1, -0.05) is 146 Å². The molecule has 0 spiro atoms. The average Bonchev–Trinajstić information content (AvgIpc) is 3.95. The minimum Gasteiger partial charge on any atom is -0.307 e. The van der Waals surface area contributed by atoms with E-state index in [1.54, 1.807) is 0 Å². The van der Waals surface area contributed by atoms with Gasteiger partial charge in [-0.25, -0.2) is 4.98 Å². The number of hydrogen-bond donors (Lipinski definition) is 0. The second-order valence-corrected chi connectivity index (χ2v) is 15.7. The molecule has 8 aromatic carbocycles. The molecule has 0 saturated carbocycles. The molecule has 0 unspecified atom stereocenters. The Labute approximate surface area is 333 Å². The van der Waals surface area contributed by atoms with Gasteiger partial charge in [0.15, 0.2) is 0 Å². The first kappa shape index (κ1) is 32.0. The van der Waals surface area contributed by atoms with Crippen molar-refractivity contribution >= 4 is 75.1 Å². The SMILES string of the molecule is c1ccc(-c2cc(-c3ccccc3)nc(-c3ccc(-n4c5ccccc5c5c6c7ccccc7sc6c6c7ccccc7n(-c7ccccc7)c6c54)cc3)c2)cc1. The molecule has 4 aromatic heterocycles. The molecule has 4 heteroatoms. The van der Waals surface area contributed by atoms with Crippen LogP contribution < -0.4 is 0 Å². The minimum atomic E-state index is 0.946. The predicted octanol–water partition coefficient (Wildman–Crippen LogP) is 14.6. The lowest BCUT2D eigenvalue weighted by Crippen LogP contribution is -1.99. The van der Waals surface area contributed by atoms with E-state index < -0.39 is 0 Å². The summed E-state index contributed by atoms with van der Waals surface area (Å²) >= 11 is 1.91. The Morgan fingerprint density at radius 2 is 0.825 bits per heavy atom. The van der Waals surface area contributed by atoms with Crippen molar-refractivity contribution in [1.29, 1.82) is 0 Å². The van der Waals surface area contributed by atoms with Crippen LogP contribution >= 0.6 is 11.3 Å². The summed E-state index contributed by atoms with van der Waals surface area (Å²) in [6.45, 7) is 0. The van der Waals surface area contributed by atoms with Gasteiger partial charge in [-0.2, -0.15) is 0 Å². The summed E-state index contributed by atoms with van der Waals surface area (Å²) < 4.78 is 7.63. The van der Waals surface area contributed by atoms with Crippen LogP contribution in [0.4, 0.5) is 0 Å². The van der Waals surface area contributed by atoms with Gasteiger partial charge in [-0.15, -0.1) is 11.3 Å². The van der Waals surface area contributed by atoms with Crippen LogP contribution in [0.2, 0.25) is 0 Å². The quantitative estimate of drug-likeness (QED) is 0.172. The predicted molar refractivity (Wildman–Crippen MR) is 242 cm³/mol. The van der Waals surface area contributed by atoms with Crippen LogP contribution in [0.25, 0.3) is 109 Å². The van der Waals surface area contributed by atoms with Crippen LogP contribution in [0.15, 0.2) is 200 Å². The number of thiophene rings is 1. The van der Waals surface area contributed by atoms with Crippen molar-refractivity contribution in [3.63, 3.8) is 0 Å². The number of nitrogens with zero attached hydrogens (tertiary/aromatic N) is 3. The van der Waals surface area contributed by atoms with Crippen molar-refractivity contribution in [1.82, 2.24) is 14.1 Å². The van der Waals surface area contributed by atoms with Crippen LogP contribution in [0.5, 0.6) is 0 Å². The summed E-state index contributed by atoms with van der Waals surface area (Å²) in [5, 5.41) is 7.74. The lowest BCUT2D eigenvalue weighted by Gasteiger charge is -2.14. The fraction of sp³-hybridized carbons (Fsp3) is 0. The molecule has 12 aromatic rings. The molecule has 0 aliphatic heterocycles. The summed E-state index contributed by atoms with van der Waals surface area (Å²) in [6.07, 6.45) is 0. The van der Waals surface area contributed by atoms with Gasteiger partial charge in [-0.05, 0) is 65.7 Å². The smallest absolute Gasteiger partial charge is 0.0803 e. The zero-order valence-corrected chi connectivity index (χ0v) is 31.6. The number of hydrogen-bond acceptors (Lipinski definition) is 2. The van der Waals surface area contributed by atoms with Crippen molar-refractivity contribution in [2.45, 2.75) is 0 Å². The third kappa shape index (κ3) is 4.88. The molecule has 3 nitrogen and oxygen atoms in total. The Kier molecular flexibility index (Phi) is 7.10. The maximum absolute atomic E-state index is 5.25. The molecule has 0 aliphatic rings. The second kappa shape index (κ2) is 12.6. The fourth-order valence-electron chi connectivity index (χ4n) is 9.01. The van der Waals surface area contributed by atoms with Crippen molar-refractivity contribution in [2.75, 3.05) is 0 Å². The lowest BCUT2D eigenvalue weighted by molar-refractivity contribution is 1.15. The van der Waals surface area contributed by atoms with Crippen molar-refractivity contribution in [3.05, 3.63) is 200 Å². The highest BCUT2D eigenvalue weighted by atomic mass is 32.1. The van der Waals surface area contributed by atoms with Gasteiger partial charge in [-0.3, -0.25) is 0 Å². The zero-order valence-electron chi connectivity index (χ0n) is 30.8. The Bertz CT molecular complexity index is 3430. The third-order valence-electron chi connectivity index (χ3n) is 11.5. The zero-order chi connectivity index (χ0) is 37.5. The summed E-state index contributed by atoms with van der Waals surface area (Å²) in [4.78, 5) is 5.25. The lowest BCUT2D eigenvalue weighted by atomic mass is 10.00. The molecule has 0 atom stereocenters. The largest absolute Gasteiger partial charge is 0.307 e. The molecule has 0 fully saturated rings. The number of para-hydroxylation sites is 3. The molecule has 0 N–H and O–H groups in total. The van der Waals surface area contributed by atoms with E-state index in [-0.39, 0.29) is 0 Å². The molecule has 0 radical (unpaired) electrons. The van der Waals surface area contributed by atoms with E-state index in [1.807, 2.05) is 11.3 Å². The fourth-order valence-corrected chi connectivity index (χ4v) is 10.3. The molecule has 0 amide bonds. The minimum absolute atomic E-state index is 0.946. The maximum atomic E-state index is 5.25. The number of aromatic nitrogens is 3.